The quantitative estimate of drug-likeness (QED) is 0.705. The molecule has 0 bridgehead atoms. The zero-order valence-corrected chi connectivity index (χ0v) is 14.7. The van der Waals surface area contributed by atoms with E-state index in [0.29, 0.717) is 0 Å². The summed E-state index contributed by atoms with van der Waals surface area (Å²) in [5.41, 5.74) is 0. The van der Waals surface area contributed by atoms with Crippen molar-refractivity contribution in [3.05, 3.63) is 30.3 Å². The molecule has 2 heteroatoms. The van der Waals surface area contributed by atoms with Crippen LogP contribution in [0.2, 0.25) is 0 Å². The predicted molar refractivity (Wildman–Crippen MR) is 94.9 cm³/mol. The topological polar surface area (TPSA) is 12.0 Å². The van der Waals surface area contributed by atoms with Crippen LogP contribution in [0, 0.1) is 23.7 Å². The Morgan fingerprint density at radius 3 is 2.57 bits per heavy atom. The Hall–Kier alpha value is -0.470. The molecular formula is C19H31NS. The maximum Gasteiger partial charge on any atom is 0.00719 e. The normalized spacial score (nSPS) is 26.2. The number of rotatable bonds is 7. The molecule has 1 nitrogen and oxygen atoms in total. The predicted octanol–water partition coefficient (Wildman–Crippen LogP) is 5.08. The zero-order valence-electron chi connectivity index (χ0n) is 13.8. The van der Waals surface area contributed by atoms with Gasteiger partial charge in [0.25, 0.3) is 0 Å². The highest BCUT2D eigenvalue weighted by Crippen LogP contribution is 2.39. The van der Waals surface area contributed by atoms with Gasteiger partial charge in [0, 0.05) is 4.90 Å². The lowest BCUT2D eigenvalue weighted by Gasteiger charge is -2.38. The van der Waals surface area contributed by atoms with Crippen LogP contribution < -0.4 is 5.32 Å². The van der Waals surface area contributed by atoms with E-state index in [4.69, 9.17) is 0 Å². The van der Waals surface area contributed by atoms with Crippen LogP contribution in [0.4, 0.5) is 0 Å². The van der Waals surface area contributed by atoms with Crippen molar-refractivity contribution in [2.45, 2.75) is 44.4 Å². The summed E-state index contributed by atoms with van der Waals surface area (Å²) >= 11 is 2.02. The highest BCUT2D eigenvalue weighted by Gasteiger charge is 2.30. The van der Waals surface area contributed by atoms with Gasteiger partial charge in [0.1, 0.15) is 0 Å². The first-order chi connectivity index (χ1) is 10.2. The van der Waals surface area contributed by atoms with E-state index in [9.17, 15) is 0 Å². The first kappa shape index (κ1) is 16.9. The fourth-order valence-electron chi connectivity index (χ4n) is 3.70. The van der Waals surface area contributed by atoms with Crippen LogP contribution in [0.1, 0.15) is 39.5 Å². The maximum atomic E-state index is 3.41. The molecule has 0 heterocycles. The highest BCUT2D eigenvalue weighted by atomic mass is 32.2. The van der Waals surface area contributed by atoms with Gasteiger partial charge in [-0.3, -0.25) is 0 Å². The molecule has 0 spiro atoms. The van der Waals surface area contributed by atoms with E-state index in [0.717, 1.165) is 23.7 Å². The van der Waals surface area contributed by atoms with Gasteiger partial charge in [-0.05, 0) is 80.8 Å². The highest BCUT2D eigenvalue weighted by molar-refractivity contribution is 7.99. The van der Waals surface area contributed by atoms with Gasteiger partial charge in [0.15, 0.2) is 0 Å². The van der Waals surface area contributed by atoms with E-state index in [1.54, 1.807) is 0 Å². The standard InChI is InChI=1S/C19H31NS/c1-15(2)16-9-10-18(14-20-3)17(13-16)11-12-21-19-7-5-4-6-8-19/h4-8,15-18,20H,9-14H2,1-3H3. The molecule has 1 aromatic rings. The smallest absolute Gasteiger partial charge is 0.00719 e. The summed E-state index contributed by atoms with van der Waals surface area (Å²) in [5.74, 6) is 4.87. The third-order valence-corrected chi connectivity index (χ3v) is 6.14. The molecule has 0 radical (unpaired) electrons. The average Bonchev–Trinajstić information content (AvgIpc) is 2.50. The van der Waals surface area contributed by atoms with Crippen LogP contribution in [-0.2, 0) is 0 Å². The van der Waals surface area contributed by atoms with Crippen molar-refractivity contribution in [1.29, 1.82) is 0 Å². The van der Waals surface area contributed by atoms with Gasteiger partial charge in [-0.25, -0.2) is 0 Å². The Morgan fingerprint density at radius 1 is 1.14 bits per heavy atom. The molecule has 1 aliphatic carbocycles. The summed E-state index contributed by atoms with van der Waals surface area (Å²) in [6.07, 6.45) is 5.67. The number of benzene rings is 1. The molecule has 3 unspecified atom stereocenters. The number of hydrogen-bond donors (Lipinski definition) is 1. The second-order valence-electron chi connectivity index (χ2n) is 6.85. The number of nitrogens with one attached hydrogen (secondary N) is 1. The van der Waals surface area contributed by atoms with Crippen LogP contribution in [0.5, 0.6) is 0 Å². The molecule has 1 aromatic carbocycles. The van der Waals surface area contributed by atoms with Crippen molar-refractivity contribution in [2.75, 3.05) is 19.3 Å². The van der Waals surface area contributed by atoms with Gasteiger partial charge < -0.3 is 5.32 Å². The Balaban J connectivity index is 1.84. The lowest BCUT2D eigenvalue weighted by molar-refractivity contribution is 0.144. The molecule has 3 atom stereocenters. The number of hydrogen-bond acceptors (Lipinski definition) is 2. The molecule has 0 aliphatic heterocycles. The minimum Gasteiger partial charge on any atom is -0.319 e. The van der Waals surface area contributed by atoms with Crippen LogP contribution in [-0.4, -0.2) is 19.3 Å². The molecule has 21 heavy (non-hydrogen) atoms. The molecule has 0 saturated heterocycles. The van der Waals surface area contributed by atoms with Crippen molar-refractivity contribution in [3.63, 3.8) is 0 Å². The molecule has 1 saturated carbocycles. The Morgan fingerprint density at radius 2 is 1.90 bits per heavy atom. The molecule has 1 N–H and O–H groups in total. The van der Waals surface area contributed by atoms with Crippen molar-refractivity contribution in [2.24, 2.45) is 23.7 Å². The third-order valence-electron chi connectivity index (χ3n) is 5.09. The minimum atomic E-state index is 0.852. The van der Waals surface area contributed by atoms with E-state index in [1.165, 1.54) is 42.9 Å². The summed E-state index contributed by atoms with van der Waals surface area (Å²) < 4.78 is 0. The lowest BCUT2D eigenvalue weighted by atomic mass is 9.69. The molecule has 118 valence electrons. The molecule has 1 aliphatic rings. The second kappa shape index (κ2) is 8.85. The summed E-state index contributed by atoms with van der Waals surface area (Å²) in [5, 5.41) is 3.41. The summed E-state index contributed by atoms with van der Waals surface area (Å²) in [6.45, 7) is 6.00. The van der Waals surface area contributed by atoms with E-state index < -0.39 is 0 Å². The largest absolute Gasteiger partial charge is 0.319 e. The van der Waals surface area contributed by atoms with Gasteiger partial charge in [-0.2, -0.15) is 0 Å². The summed E-state index contributed by atoms with van der Waals surface area (Å²) in [6, 6.07) is 10.8. The second-order valence-corrected chi connectivity index (χ2v) is 8.01. The van der Waals surface area contributed by atoms with Gasteiger partial charge >= 0.3 is 0 Å². The molecule has 0 aromatic heterocycles. The molecule has 2 rings (SSSR count). The van der Waals surface area contributed by atoms with Crippen LogP contribution in [0.25, 0.3) is 0 Å². The van der Waals surface area contributed by atoms with Crippen molar-refractivity contribution < 1.29 is 0 Å². The van der Waals surface area contributed by atoms with Gasteiger partial charge in [-0.1, -0.05) is 32.0 Å². The van der Waals surface area contributed by atoms with Crippen molar-refractivity contribution >= 4 is 11.8 Å². The first-order valence-corrected chi connectivity index (χ1v) is 9.51. The monoisotopic (exact) mass is 305 g/mol. The average molecular weight is 306 g/mol. The molecule has 0 amide bonds. The van der Waals surface area contributed by atoms with E-state index in [2.05, 4.69) is 56.5 Å². The lowest BCUT2D eigenvalue weighted by Crippen LogP contribution is -2.33. The van der Waals surface area contributed by atoms with Gasteiger partial charge in [0.05, 0.1) is 0 Å². The maximum absolute atomic E-state index is 3.41. The Labute approximate surface area is 135 Å². The summed E-state index contributed by atoms with van der Waals surface area (Å²) in [4.78, 5) is 1.42. The van der Waals surface area contributed by atoms with Gasteiger partial charge in [-0.15, -0.1) is 11.8 Å². The third kappa shape index (κ3) is 5.34. The van der Waals surface area contributed by atoms with Crippen LogP contribution >= 0.6 is 11.8 Å². The van der Waals surface area contributed by atoms with E-state index in [1.807, 2.05) is 11.8 Å². The van der Waals surface area contributed by atoms with Crippen LogP contribution in [0.15, 0.2) is 35.2 Å². The first-order valence-electron chi connectivity index (χ1n) is 8.53. The zero-order chi connectivity index (χ0) is 15.1. The van der Waals surface area contributed by atoms with E-state index >= 15 is 0 Å². The van der Waals surface area contributed by atoms with Crippen molar-refractivity contribution in [1.82, 2.24) is 5.32 Å². The Kier molecular flexibility index (Phi) is 7.12. The fourth-order valence-corrected chi connectivity index (χ4v) is 4.70. The SMILES string of the molecule is CNCC1CCC(C(C)C)CC1CCSc1ccccc1. The molecular weight excluding hydrogens is 274 g/mol. The fraction of sp³-hybridized carbons (Fsp3) is 0.684. The summed E-state index contributed by atoms with van der Waals surface area (Å²) in [7, 11) is 2.10. The number of thioether (sulfide) groups is 1. The van der Waals surface area contributed by atoms with Crippen molar-refractivity contribution in [3.8, 4) is 0 Å². The Bertz CT molecular complexity index is 390. The minimum absolute atomic E-state index is 0.852. The van der Waals surface area contributed by atoms with Gasteiger partial charge in [0.2, 0.25) is 0 Å². The van der Waals surface area contributed by atoms with Crippen LogP contribution in [0.3, 0.4) is 0 Å². The van der Waals surface area contributed by atoms with E-state index in [-0.39, 0.29) is 0 Å². The molecule has 1 fully saturated rings.